The third-order valence-electron chi connectivity index (χ3n) is 4.50. The summed E-state index contributed by atoms with van der Waals surface area (Å²) in [5.74, 6) is -0.0308. The van der Waals surface area contributed by atoms with Crippen LogP contribution >= 0.6 is 15.9 Å². The van der Waals surface area contributed by atoms with Crippen molar-refractivity contribution >= 4 is 32.7 Å². The van der Waals surface area contributed by atoms with Gasteiger partial charge in [0.1, 0.15) is 0 Å². The number of fused-ring (bicyclic) bond motifs is 1. The molecule has 0 aliphatic heterocycles. The number of halogens is 1. The molecule has 1 heterocycles. The van der Waals surface area contributed by atoms with Gasteiger partial charge in [-0.2, -0.15) is 0 Å². The SMILES string of the molecule is NC1CCC(NC(=O)CCn2cnc3ccc(Br)cc3c2=O)CC1. The second kappa shape index (κ2) is 7.44. The minimum Gasteiger partial charge on any atom is -0.353 e. The van der Waals surface area contributed by atoms with Crippen LogP contribution in [-0.2, 0) is 11.3 Å². The number of aryl methyl sites for hydroxylation is 1. The van der Waals surface area contributed by atoms with E-state index in [2.05, 4.69) is 26.2 Å². The molecule has 1 amide bonds. The molecule has 2 aromatic rings. The van der Waals surface area contributed by atoms with Crippen LogP contribution in [0.2, 0.25) is 0 Å². The lowest BCUT2D eigenvalue weighted by Crippen LogP contribution is -2.40. The molecule has 0 spiro atoms. The van der Waals surface area contributed by atoms with Crippen molar-refractivity contribution in [1.82, 2.24) is 14.9 Å². The van der Waals surface area contributed by atoms with Crippen LogP contribution in [0.15, 0.2) is 33.8 Å². The number of nitrogens with one attached hydrogen (secondary N) is 1. The van der Waals surface area contributed by atoms with Crippen LogP contribution in [-0.4, -0.2) is 27.5 Å². The number of carbonyl (C=O) groups excluding carboxylic acids is 1. The molecule has 1 saturated carbocycles. The average molecular weight is 393 g/mol. The first-order valence-corrected chi connectivity index (χ1v) is 9.02. The Morgan fingerprint density at radius 3 is 2.83 bits per heavy atom. The van der Waals surface area contributed by atoms with Crippen molar-refractivity contribution in [2.24, 2.45) is 5.73 Å². The zero-order valence-electron chi connectivity index (χ0n) is 13.4. The first kappa shape index (κ1) is 17.1. The van der Waals surface area contributed by atoms with Crippen LogP contribution in [0.3, 0.4) is 0 Å². The Balaban J connectivity index is 1.62. The second-order valence-electron chi connectivity index (χ2n) is 6.33. The Bertz CT molecular complexity index is 797. The Morgan fingerprint density at radius 2 is 2.08 bits per heavy atom. The summed E-state index contributed by atoms with van der Waals surface area (Å²) in [5.41, 5.74) is 6.40. The summed E-state index contributed by atoms with van der Waals surface area (Å²) < 4.78 is 2.32. The van der Waals surface area contributed by atoms with Gasteiger partial charge >= 0.3 is 0 Å². The summed E-state index contributed by atoms with van der Waals surface area (Å²) in [6.45, 7) is 0.326. The predicted molar refractivity (Wildman–Crippen MR) is 96.7 cm³/mol. The number of hydrogen-bond acceptors (Lipinski definition) is 4. The monoisotopic (exact) mass is 392 g/mol. The maximum Gasteiger partial charge on any atom is 0.261 e. The first-order valence-electron chi connectivity index (χ1n) is 8.22. The van der Waals surface area contributed by atoms with E-state index in [9.17, 15) is 9.59 Å². The van der Waals surface area contributed by atoms with Crippen LogP contribution in [0.5, 0.6) is 0 Å². The molecule has 128 valence electrons. The van der Waals surface area contributed by atoms with Gasteiger partial charge in [-0.1, -0.05) is 15.9 Å². The number of nitrogens with zero attached hydrogens (tertiary/aromatic N) is 2. The molecule has 1 aliphatic rings. The fourth-order valence-corrected chi connectivity index (χ4v) is 3.44. The van der Waals surface area contributed by atoms with Gasteiger partial charge in [0.15, 0.2) is 0 Å². The minimum atomic E-state index is -0.127. The Labute approximate surface area is 148 Å². The molecule has 3 N–H and O–H groups in total. The van der Waals surface area contributed by atoms with E-state index in [1.807, 2.05) is 6.07 Å². The van der Waals surface area contributed by atoms with Gasteiger partial charge in [0.25, 0.3) is 5.56 Å². The van der Waals surface area contributed by atoms with Crippen molar-refractivity contribution in [3.63, 3.8) is 0 Å². The highest BCUT2D eigenvalue weighted by Crippen LogP contribution is 2.17. The van der Waals surface area contributed by atoms with E-state index in [0.717, 1.165) is 30.2 Å². The average Bonchev–Trinajstić information content (AvgIpc) is 2.57. The molecule has 1 aromatic carbocycles. The molecule has 1 aliphatic carbocycles. The normalized spacial score (nSPS) is 20.9. The first-order chi connectivity index (χ1) is 11.5. The maximum atomic E-state index is 12.5. The second-order valence-corrected chi connectivity index (χ2v) is 7.25. The van der Waals surface area contributed by atoms with Gasteiger partial charge in [0.05, 0.1) is 17.2 Å². The number of rotatable bonds is 4. The number of benzene rings is 1. The van der Waals surface area contributed by atoms with Crippen molar-refractivity contribution in [3.8, 4) is 0 Å². The Kier molecular flexibility index (Phi) is 5.30. The van der Waals surface area contributed by atoms with Crippen LogP contribution in [0, 0.1) is 0 Å². The summed E-state index contributed by atoms with van der Waals surface area (Å²) in [6, 6.07) is 5.88. The molecule has 0 bridgehead atoms. The summed E-state index contributed by atoms with van der Waals surface area (Å²) in [7, 11) is 0. The fourth-order valence-electron chi connectivity index (χ4n) is 3.08. The number of amides is 1. The minimum absolute atomic E-state index is 0.0308. The van der Waals surface area contributed by atoms with E-state index in [-0.39, 0.29) is 30.0 Å². The Hall–Kier alpha value is -1.73. The highest BCUT2D eigenvalue weighted by Gasteiger charge is 2.19. The predicted octanol–water partition coefficient (Wildman–Crippen LogP) is 1.94. The number of aromatic nitrogens is 2. The molecule has 3 rings (SSSR count). The van der Waals surface area contributed by atoms with Crippen molar-refractivity contribution < 1.29 is 4.79 Å². The van der Waals surface area contributed by atoms with E-state index in [1.54, 1.807) is 12.1 Å². The molecular weight excluding hydrogens is 372 g/mol. The largest absolute Gasteiger partial charge is 0.353 e. The van der Waals surface area contributed by atoms with Crippen molar-refractivity contribution in [2.75, 3.05) is 0 Å². The van der Waals surface area contributed by atoms with Crippen LogP contribution < -0.4 is 16.6 Å². The molecular formula is C17H21BrN4O2. The van der Waals surface area contributed by atoms with E-state index >= 15 is 0 Å². The molecule has 6 nitrogen and oxygen atoms in total. The zero-order chi connectivity index (χ0) is 17.1. The summed E-state index contributed by atoms with van der Waals surface area (Å²) >= 11 is 3.36. The third kappa shape index (κ3) is 4.02. The lowest BCUT2D eigenvalue weighted by Gasteiger charge is -2.26. The van der Waals surface area contributed by atoms with Gasteiger partial charge in [-0.05, 0) is 43.9 Å². The van der Waals surface area contributed by atoms with Gasteiger partial charge in [0.2, 0.25) is 5.91 Å². The lowest BCUT2D eigenvalue weighted by atomic mass is 9.92. The van der Waals surface area contributed by atoms with E-state index in [4.69, 9.17) is 5.73 Å². The lowest BCUT2D eigenvalue weighted by molar-refractivity contribution is -0.122. The molecule has 1 fully saturated rings. The van der Waals surface area contributed by atoms with Gasteiger partial charge in [-0.3, -0.25) is 14.2 Å². The zero-order valence-corrected chi connectivity index (χ0v) is 15.0. The van der Waals surface area contributed by atoms with Gasteiger partial charge < -0.3 is 11.1 Å². The van der Waals surface area contributed by atoms with Crippen molar-refractivity contribution in [1.29, 1.82) is 0 Å². The highest BCUT2D eigenvalue weighted by atomic mass is 79.9. The summed E-state index contributed by atoms with van der Waals surface area (Å²) in [5, 5.41) is 3.59. The van der Waals surface area contributed by atoms with E-state index in [0.29, 0.717) is 17.4 Å². The summed E-state index contributed by atoms with van der Waals surface area (Å²) in [6.07, 6.45) is 5.54. The quantitative estimate of drug-likeness (QED) is 0.831. The van der Waals surface area contributed by atoms with Crippen LogP contribution in [0.4, 0.5) is 0 Å². The fraction of sp³-hybridized carbons (Fsp3) is 0.471. The van der Waals surface area contributed by atoms with Gasteiger partial charge in [-0.15, -0.1) is 0 Å². The standard InChI is InChI=1S/C17H21BrN4O2/c18-11-1-6-15-14(9-11)17(24)22(10-20-15)8-7-16(23)21-13-4-2-12(19)3-5-13/h1,6,9-10,12-13H,2-5,7-8,19H2,(H,21,23). The van der Waals surface area contributed by atoms with E-state index < -0.39 is 0 Å². The number of carbonyl (C=O) groups is 1. The molecule has 1 aromatic heterocycles. The molecule has 7 heteroatoms. The van der Waals surface area contributed by atoms with E-state index in [1.165, 1.54) is 10.9 Å². The smallest absolute Gasteiger partial charge is 0.261 e. The maximum absolute atomic E-state index is 12.5. The topological polar surface area (TPSA) is 90.0 Å². The highest BCUT2D eigenvalue weighted by molar-refractivity contribution is 9.10. The van der Waals surface area contributed by atoms with Crippen molar-refractivity contribution in [2.45, 2.75) is 50.7 Å². The molecule has 0 atom stereocenters. The summed E-state index contributed by atoms with van der Waals surface area (Å²) in [4.78, 5) is 28.9. The molecule has 0 unspecified atom stereocenters. The van der Waals surface area contributed by atoms with Gasteiger partial charge in [-0.25, -0.2) is 4.98 Å². The molecule has 0 saturated heterocycles. The van der Waals surface area contributed by atoms with Crippen LogP contribution in [0.25, 0.3) is 10.9 Å². The molecule has 24 heavy (non-hydrogen) atoms. The molecule has 0 radical (unpaired) electrons. The third-order valence-corrected chi connectivity index (χ3v) is 5.00. The number of hydrogen-bond donors (Lipinski definition) is 2. The Morgan fingerprint density at radius 1 is 1.33 bits per heavy atom. The van der Waals surface area contributed by atoms with Crippen molar-refractivity contribution in [3.05, 3.63) is 39.4 Å². The number of nitrogens with two attached hydrogens (primary N) is 1. The van der Waals surface area contributed by atoms with Gasteiger partial charge in [0, 0.05) is 29.5 Å². The van der Waals surface area contributed by atoms with Crippen LogP contribution in [0.1, 0.15) is 32.1 Å².